The second kappa shape index (κ2) is 8.01. The Kier molecular flexibility index (Phi) is 5.59. The Morgan fingerprint density at radius 2 is 1.90 bits per heavy atom. The van der Waals surface area contributed by atoms with Crippen molar-refractivity contribution in [3.8, 4) is 0 Å². The number of para-hydroxylation sites is 1. The summed E-state index contributed by atoms with van der Waals surface area (Å²) in [6, 6.07) is 8.00. The van der Waals surface area contributed by atoms with Crippen molar-refractivity contribution >= 4 is 60.8 Å². The van der Waals surface area contributed by atoms with Crippen molar-refractivity contribution in [1.82, 2.24) is 19.9 Å². The molecule has 0 saturated heterocycles. The van der Waals surface area contributed by atoms with E-state index in [4.69, 9.17) is 4.98 Å². The van der Waals surface area contributed by atoms with Crippen LogP contribution in [0.15, 0.2) is 29.3 Å². The third-order valence-corrected chi connectivity index (χ3v) is 8.35. The number of rotatable bonds is 5. The summed E-state index contributed by atoms with van der Waals surface area (Å²) >= 11 is 4.82. The number of thioether (sulfide) groups is 1. The molecule has 0 spiro atoms. The van der Waals surface area contributed by atoms with Gasteiger partial charge in [-0.05, 0) is 45.4 Å². The molecule has 1 aromatic carbocycles. The quantitative estimate of drug-likeness (QED) is 0.300. The summed E-state index contributed by atoms with van der Waals surface area (Å²) in [6.07, 6.45) is 0. The van der Waals surface area contributed by atoms with Crippen LogP contribution in [-0.2, 0) is 4.79 Å². The first-order valence-electron chi connectivity index (χ1n) is 9.33. The maximum Gasteiger partial charge on any atom is 0.233 e. The number of carbonyl (C=O) groups excluding carboxylic acids is 1. The van der Waals surface area contributed by atoms with E-state index in [1.165, 1.54) is 22.2 Å². The molecule has 4 aromatic rings. The molecule has 0 radical (unpaired) electrons. The summed E-state index contributed by atoms with van der Waals surface area (Å²) in [5.74, 6) is 1.15. The van der Waals surface area contributed by atoms with Gasteiger partial charge in [0.1, 0.15) is 20.7 Å². The van der Waals surface area contributed by atoms with Crippen molar-refractivity contribution in [2.75, 3.05) is 12.8 Å². The Morgan fingerprint density at radius 1 is 1.14 bits per heavy atom. The van der Waals surface area contributed by atoms with Crippen LogP contribution in [0.25, 0.3) is 20.4 Å². The predicted molar refractivity (Wildman–Crippen MR) is 123 cm³/mol. The molecule has 5 nitrogen and oxygen atoms in total. The second-order valence-electron chi connectivity index (χ2n) is 7.03. The fourth-order valence-electron chi connectivity index (χ4n) is 3.10. The van der Waals surface area contributed by atoms with Gasteiger partial charge in [0.05, 0.1) is 22.0 Å². The zero-order valence-electron chi connectivity index (χ0n) is 17.0. The number of fused-ring (bicyclic) bond motifs is 2. The van der Waals surface area contributed by atoms with E-state index < -0.39 is 0 Å². The molecule has 0 N–H and O–H groups in total. The topological polar surface area (TPSA) is 59.0 Å². The van der Waals surface area contributed by atoms with Crippen molar-refractivity contribution in [1.29, 1.82) is 0 Å². The predicted octanol–water partition coefficient (Wildman–Crippen LogP) is 5.54. The number of amides is 1. The maximum atomic E-state index is 12.9. The minimum absolute atomic E-state index is 0.0655. The highest BCUT2D eigenvalue weighted by atomic mass is 32.2. The second-order valence-corrected chi connectivity index (χ2v) is 10.3. The van der Waals surface area contributed by atoms with Crippen molar-refractivity contribution < 1.29 is 4.79 Å². The van der Waals surface area contributed by atoms with E-state index in [0.29, 0.717) is 5.75 Å². The van der Waals surface area contributed by atoms with Crippen molar-refractivity contribution in [3.63, 3.8) is 0 Å². The third kappa shape index (κ3) is 3.89. The molecule has 3 heterocycles. The molecule has 1 amide bonds. The van der Waals surface area contributed by atoms with Gasteiger partial charge < -0.3 is 4.90 Å². The number of aromatic nitrogens is 3. The highest BCUT2D eigenvalue weighted by Gasteiger charge is 2.22. The van der Waals surface area contributed by atoms with Gasteiger partial charge in [0, 0.05) is 17.3 Å². The fraction of sp³-hybridized carbons (Fsp3) is 0.333. The molecule has 0 saturated carbocycles. The number of thiophene rings is 1. The Labute approximate surface area is 182 Å². The number of aryl methyl sites for hydroxylation is 3. The van der Waals surface area contributed by atoms with Crippen molar-refractivity contribution in [3.05, 3.63) is 45.5 Å². The van der Waals surface area contributed by atoms with Crippen LogP contribution < -0.4 is 0 Å². The van der Waals surface area contributed by atoms with Gasteiger partial charge in [-0.15, -0.1) is 22.7 Å². The molecule has 3 aromatic heterocycles. The van der Waals surface area contributed by atoms with E-state index >= 15 is 0 Å². The number of carbonyl (C=O) groups is 1. The molecular formula is C21H22N4OS3. The lowest BCUT2D eigenvalue weighted by Crippen LogP contribution is -2.31. The van der Waals surface area contributed by atoms with Gasteiger partial charge in [-0.3, -0.25) is 4.79 Å². The Bertz CT molecular complexity index is 1180. The lowest BCUT2D eigenvalue weighted by Gasteiger charge is -2.23. The standard InChI is InChI=1S/C21H22N4OS3/c1-11-13(3)28-21-18(11)20(22-14(4)23-21)27-10-17(26)25(5)12(2)19-24-15-8-6-7-9-16(15)29-19/h6-9,12H,10H2,1-5H3. The number of nitrogens with zero attached hydrogens (tertiary/aromatic N) is 4. The molecule has 0 bridgehead atoms. The van der Waals surface area contributed by atoms with Gasteiger partial charge in [0.15, 0.2) is 0 Å². The summed E-state index contributed by atoms with van der Waals surface area (Å²) in [5.41, 5.74) is 2.19. The molecule has 0 fully saturated rings. The molecule has 0 aliphatic rings. The Morgan fingerprint density at radius 3 is 2.66 bits per heavy atom. The number of thiazole rings is 1. The minimum Gasteiger partial charge on any atom is -0.336 e. The summed E-state index contributed by atoms with van der Waals surface area (Å²) in [7, 11) is 1.85. The summed E-state index contributed by atoms with van der Waals surface area (Å²) in [5, 5.41) is 2.93. The van der Waals surface area contributed by atoms with Gasteiger partial charge in [0.25, 0.3) is 0 Å². The maximum absolute atomic E-state index is 12.9. The average molecular weight is 443 g/mol. The number of hydrogen-bond donors (Lipinski definition) is 0. The molecule has 0 aliphatic heterocycles. The molecular weight excluding hydrogens is 420 g/mol. The highest BCUT2D eigenvalue weighted by Crippen LogP contribution is 2.35. The van der Waals surface area contributed by atoms with Crippen LogP contribution in [0.2, 0.25) is 0 Å². The van der Waals surface area contributed by atoms with Crippen LogP contribution in [0.5, 0.6) is 0 Å². The van der Waals surface area contributed by atoms with E-state index in [9.17, 15) is 4.79 Å². The minimum atomic E-state index is -0.0715. The molecule has 150 valence electrons. The lowest BCUT2D eigenvalue weighted by atomic mass is 10.2. The molecule has 4 rings (SSSR count). The normalized spacial score (nSPS) is 12.6. The van der Waals surface area contributed by atoms with Crippen LogP contribution >= 0.6 is 34.4 Å². The van der Waals surface area contributed by atoms with Gasteiger partial charge >= 0.3 is 0 Å². The van der Waals surface area contributed by atoms with Gasteiger partial charge in [-0.2, -0.15) is 0 Å². The van der Waals surface area contributed by atoms with E-state index in [1.807, 2.05) is 39.1 Å². The zero-order valence-corrected chi connectivity index (χ0v) is 19.5. The van der Waals surface area contributed by atoms with E-state index in [2.05, 4.69) is 29.9 Å². The van der Waals surface area contributed by atoms with E-state index in [-0.39, 0.29) is 11.9 Å². The fourth-order valence-corrected chi connectivity index (χ4v) is 6.36. The smallest absolute Gasteiger partial charge is 0.233 e. The lowest BCUT2D eigenvalue weighted by molar-refractivity contribution is -0.128. The van der Waals surface area contributed by atoms with Crippen LogP contribution in [0.4, 0.5) is 0 Å². The number of hydrogen-bond acceptors (Lipinski definition) is 7. The zero-order chi connectivity index (χ0) is 20.7. The first-order valence-corrected chi connectivity index (χ1v) is 11.9. The molecule has 29 heavy (non-hydrogen) atoms. The summed E-state index contributed by atoms with van der Waals surface area (Å²) < 4.78 is 1.15. The van der Waals surface area contributed by atoms with Crippen LogP contribution in [0.3, 0.4) is 0 Å². The van der Waals surface area contributed by atoms with Gasteiger partial charge in [-0.1, -0.05) is 23.9 Å². The van der Waals surface area contributed by atoms with Crippen LogP contribution in [0, 0.1) is 20.8 Å². The van der Waals surface area contributed by atoms with Gasteiger partial charge in [-0.25, -0.2) is 15.0 Å². The average Bonchev–Trinajstić information content (AvgIpc) is 3.25. The monoisotopic (exact) mass is 442 g/mol. The largest absolute Gasteiger partial charge is 0.336 e. The number of benzene rings is 1. The van der Waals surface area contributed by atoms with Crippen LogP contribution in [0.1, 0.15) is 34.2 Å². The molecule has 0 aliphatic carbocycles. The molecule has 1 atom stereocenters. The Hall–Kier alpha value is -2.03. The van der Waals surface area contributed by atoms with Crippen molar-refractivity contribution in [2.24, 2.45) is 0 Å². The highest BCUT2D eigenvalue weighted by molar-refractivity contribution is 8.00. The van der Waals surface area contributed by atoms with Crippen molar-refractivity contribution in [2.45, 2.75) is 38.8 Å². The summed E-state index contributed by atoms with van der Waals surface area (Å²) in [6.45, 7) is 8.13. The SMILES string of the molecule is Cc1nc(SCC(=O)N(C)C(C)c2nc3ccccc3s2)c2c(C)c(C)sc2n1. The Balaban J connectivity index is 1.51. The molecule has 1 unspecified atom stereocenters. The first-order chi connectivity index (χ1) is 13.8. The van der Waals surface area contributed by atoms with E-state index in [1.54, 1.807) is 27.6 Å². The van der Waals surface area contributed by atoms with E-state index in [0.717, 1.165) is 36.3 Å². The third-order valence-electron chi connectivity index (χ3n) is 5.08. The summed E-state index contributed by atoms with van der Waals surface area (Å²) in [4.78, 5) is 30.8. The molecule has 8 heteroatoms. The van der Waals surface area contributed by atoms with Gasteiger partial charge in [0.2, 0.25) is 5.91 Å². The van der Waals surface area contributed by atoms with Crippen LogP contribution in [-0.4, -0.2) is 38.6 Å². The first kappa shape index (κ1) is 20.3.